The van der Waals surface area contributed by atoms with Crippen molar-refractivity contribution >= 4 is 29.7 Å². The molecule has 3 aromatic rings. The minimum atomic E-state index is -1.15. The molecule has 0 bridgehead atoms. The number of hydrogen-bond donors (Lipinski definition) is 2. The number of carboxylic acids is 1. The number of nitrogens with one attached hydrogen (secondary N) is 1. The van der Waals surface area contributed by atoms with E-state index in [4.69, 9.17) is 9.47 Å². The van der Waals surface area contributed by atoms with Crippen LogP contribution >= 0.6 is 11.8 Å². The molecule has 220 valence electrons. The van der Waals surface area contributed by atoms with Gasteiger partial charge in [-0.3, -0.25) is 4.79 Å². The molecule has 2 amide bonds. The minimum absolute atomic E-state index is 0.0129. The van der Waals surface area contributed by atoms with Crippen LogP contribution in [0.5, 0.6) is 0 Å². The zero-order valence-electron chi connectivity index (χ0n) is 23.9. The topological polar surface area (TPSA) is 105 Å². The van der Waals surface area contributed by atoms with E-state index in [9.17, 15) is 19.5 Å². The number of rotatable bonds is 10. The zero-order valence-corrected chi connectivity index (χ0v) is 24.8. The van der Waals surface area contributed by atoms with Crippen LogP contribution in [0.4, 0.5) is 4.79 Å². The van der Waals surface area contributed by atoms with Gasteiger partial charge in [0, 0.05) is 11.7 Å². The van der Waals surface area contributed by atoms with Crippen molar-refractivity contribution in [3.8, 4) is 11.1 Å². The van der Waals surface area contributed by atoms with E-state index in [-0.39, 0.29) is 36.2 Å². The van der Waals surface area contributed by atoms with E-state index in [1.807, 2.05) is 80.6 Å². The molecule has 4 atom stereocenters. The molecule has 3 aromatic carbocycles. The normalized spacial score (nSPS) is 19.2. The maximum atomic E-state index is 14.1. The molecule has 1 heterocycles. The quantitative estimate of drug-likeness (QED) is 0.322. The molecule has 9 heteroatoms. The smallest absolute Gasteiger partial charge is 0.407 e. The van der Waals surface area contributed by atoms with Gasteiger partial charge in [0.1, 0.15) is 18.7 Å². The van der Waals surface area contributed by atoms with Crippen LogP contribution in [-0.4, -0.2) is 63.9 Å². The van der Waals surface area contributed by atoms with E-state index < -0.39 is 36.2 Å². The number of ether oxygens (including phenoxy) is 2. The van der Waals surface area contributed by atoms with Crippen molar-refractivity contribution in [3.63, 3.8) is 0 Å². The number of hydrogen-bond acceptors (Lipinski definition) is 6. The maximum Gasteiger partial charge on any atom is 0.407 e. The van der Waals surface area contributed by atoms with Crippen molar-refractivity contribution in [1.82, 2.24) is 10.2 Å². The third-order valence-corrected chi connectivity index (χ3v) is 9.47. The predicted molar refractivity (Wildman–Crippen MR) is 162 cm³/mol. The Labute approximate surface area is 250 Å². The minimum Gasteiger partial charge on any atom is -0.480 e. The second-order valence-corrected chi connectivity index (χ2v) is 12.2. The summed E-state index contributed by atoms with van der Waals surface area (Å²) in [6.07, 6.45) is -1.52. The molecule has 4 unspecified atom stereocenters. The summed E-state index contributed by atoms with van der Waals surface area (Å²) in [6.45, 7) is 5.92. The van der Waals surface area contributed by atoms with Crippen molar-refractivity contribution in [2.24, 2.45) is 5.92 Å². The average molecular weight is 589 g/mol. The number of carboxylic acid groups (broad SMARTS) is 1. The number of fused-ring (bicyclic) bond motifs is 3. The summed E-state index contributed by atoms with van der Waals surface area (Å²) in [5, 5.41) is 12.3. The Balaban J connectivity index is 1.34. The van der Waals surface area contributed by atoms with Gasteiger partial charge in [-0.25, -0.2) is 9.59 Å². The molecule has 0 aromatic heterocycles. The third-order valence-electron chi connectivity index (χ3n) is 7.85. The van der Waals surface area contributed by atoms with E-state index in [1.54, 1.807) is 6.92 Å². The van der Waals surface area contributed by atoms with Crippen LogP contribution in [0.2, 0.25) is 0 Å². The Hall–Kier alpha value is -3.82. The van der Waals surface area contributed by atoms with E-state index in [0.717, 1.165) is 27.8 Å². The lowest BCUT2D eigenvalue weighted by atomic mass is 9.98. The molecule has 0 saturated carbocycles. The standard InChI is InChI=1S/C33H36N2O6S/c1-20(2)31-35(28(19-42-31)32(37)38)30(36)29(21(3)40-17-22-11-5-4-6-12-22)34-33(39)41-18-27-25-15-9-7-13-23(25)24-14-8-10-16-26(24)27/h4-16,20-21,27-29,31H,17-19H2,1-3H3,(H,34,39)(H,37,38). The Morgan fingerprint density at radius 2 is 1.52 bits per heavy atom. The average Bonchev–Trinajstić information content (AvgIpc) is 3.58. The van der Waals surface area contributed by atoms with Gasteiger partial charge in [0.15, 0.2) is 0 Å². The van der Waals surface area contributed by atoms with Gasteiger partial charge in [-0.05, 0) is 40.7 Å². The summed E-state index contributed by atoms with van der Waals surface area (Å²) < 4.78 is 11.8. The molecule has 5 rings (SSSR count). The molecule has 42 heavy (non-hydrogen) atoms. The monoisotopic (exact) mass is 588 g/mol. The lowest BCUT2D eigenvalue weighted by Crippen LogP contribution is -2.59. The van der Waals surface area contributed by atoms with Crippen LogP contribution in [0.3, 0.4) is 0 Å². The summed E-state index contributed by atoms with van der Waals surface area (Å²) in [5.41, 5.74) is 5.30. The first kappa shape index (κ1) is 29.7. The van der Waals surface area contributed by atoms with Gasteiger partial charge in [-0.1, -0.05) is 92.7 Å². The molecular weight excluding hydrogens is 552 g/mol. The van der Waals surface area contributed by atoms with Gasteiger partial charge < -0.3 is 24.8 Å². The second kappa shape index (κ2) is 13.0. The van der Waals surface area contributed by atoms with E-state index in [2.05, 4.69) is 17.4 Å². The van der Waals surface area contributed by atoms with Crippen molar-refractivity contribution in [2.45, 2.75) is 56.9 Å². The number of thioether (sulfide) groups is 1. The number of benzene rings is 3. The Bertz CT molecular complexity index is 1390. The summed E-state index contributed by atoms with van der Waals surface area (Å²) in [5.74, 6) is -1.42. The lowest BCUT2D eigenvalue weighted by Gasteiger charge is -2.34. The number of nitrogens with zero attached hydrogens (tertiary/aromatic N) is 1. The summed E-state index contributed by atoms with van der Waals surface area (Å²) in [4.78, 5) is 40.8. The van der Waals surface area contributed by atoms with Gasteiger partial charge in [0.2, 0.25) is 5.91 Å². The molecule has 8 nitrogen and oxygen atoms in total. The number of amides is 2. The SMILES string of the molecule is CC(C)C1SCC(C(=O)O)N1C(=O)C(NC(=O)OCC1c2ccccc2-c2ccccc21)C(C)OCc1ccccc1. The van der Waals surface area contributed by atoms with Crippen molar-refractivity contribution in [1.29, 1.82) is 0 Å². The maximum absolute atomic E-state index is 14.1. The number of alkyl carbamates (subject to hydrolysis) is 1. The molecule has 0 spiro atoms. The van der Waals surface area contributed by atoms with Gasteiger partial charge in [-0.15, -0.1) is 11.8 Å². The highest BCUT2D eigenvalue weighted by Gasteiger charge is 2.46. The second-order valence-electron chi connectivity index (χ2n) is 11.0. The fourth-order valence-electron chi connectivity index (χ4n) is 5.72. The van der Waals surface area contributed by atoms with E-state index in [1.165, 1.54) is 16.7 Å². The summed E-state index contributed by atoms with van der Waals surface area (Å²) in [7, 11) is 0. The number of carbonyl (C=O) groups is 3. The largest absolute Gasteiger partial charge is 0.480 e. The van der Waals surface area contributed by atoms with Crippen molar-refractivity contribution in [3.05, 3.63) is 95.6 Å². The first-order valence-corrected chi connectivity index (χ1v) is 15.2. The highest BCUT2D eigenvalue weighted by Crippen LogP contribution is 2.44. The highest BCUT2D eigenvalue weighted by molar-refractivity contribution is 8.00. The first-order valence-electron chi connectivity index (χ1n) is 14.2. The first-order chi connectivity index (χ1) is 20.3. The summed E-state index contributed by atoms with van der Waals surface area (Å²) in [6, 6.07) is 23.5. The van der Waals surface area contributed by atoms with Crippen LogP contribution in [0, 0.1) is 5.92 Å². The van der Waals surface area contributed by atoms with Crippen LogP contribution in [0.25, 0.3) is 11.1 Å². The predicted octanol–water partition coefficient (Wildman–Crippen LogP) is 5.51. The highest BCUT2D eigenvalue weighted by atomic mass is 32.2. The third kappa shape index (κ3) is 6.17. The Kier molecular flexibility index (Phi) is 9.18. The summed E-state index contributed by atoms with van der Waals surface area (Å²) >= 11 is 1.44. The van der Waals surface area contributed by atoms with Crippen molar-refractivity contribution in [2.75, 3.05) is 12.4 Å². The van der Waals surface area contributed by atoms with Crippen LogP contribution in [0.1, 0.15) is 43.4 Å². The molecule has 0 radical (unpaired) electrons. The van der Waals surface area contributed by atoms with Crippen LogP contribution in [-0.2, 0) is 25.7 Å². The van der Waals surface area contributed by atoms with Gasteiger partial charge >= 0.3 is 12.1 Å². The molecule has 1 aliphatic heterocycles. The number of aliphatic carboxylic acids is 1. The molecule has 1 saturated heterocycles. The fraction of sp³-hybridized carbons (Fsp3) is 0.364. The Morgan fingerprint density at radius 3 is 2.12 bits per heavy atom. The molecule has 1 fully saturated rings. The van der Waals surface area contributed by atoms with Crippen LogP contribution < -0.4 is 5.32 Å². The fourth-order valence-corrected chi connectivity index (χ4v) is 7.20. The van der Waals surface area contributed by atoms with E-state index in [0.29, 0.717) is 0 Å². The van der Waals surface area contributed by atoms with Gasteiger partial charge in [0.05, 0.1) is 18.1 Å². The van der Waals surface area contributed by atoms with E-state index >= 15 is 0 Å². The van der Waals surface area contributed by atoms with Gasteiger partial charge in [-0.2, -0.15) is 0 Å². The zero-order chi connectivity index (χ0) is 29.8. The van der Waals surface area contributed by atoms with Crippen LogP contribution in [0.15, 0.2) is 78.9 Å². The Morgan fingerprint density at radius 1 is 0.929 bits per heavy atom. The molecule has 2 aliphatic rings. The molecule has 2 N–H and O–H groups in total. The molecule has 1 aliphatic carbocycles. The lowest BCUT2D eigenvalue weighted by molar-refractivity contribution is -0.152. The number of carbonyl (C=O) groups excluding carboxylic acids is 2. The molecular formula is C33H36N2O6S. The van der Waals surface area contributed by atoms with Crippen molar-refractivity contribution < 1.29 is 29.0 Å². The van der Waals surface area contributed by atoms with Gasteiger partial charge in [0.25, 0.3) is 0 Å².